The minimum atomic E-state index is -1.23. The molecule has 3 atom stereocenters. The molecule has 1 aromatic heterocycles. The van der Waals surface area contributed by atoms with Crippen molar-refractivity contribution in [3.63, 3.8) is 0 Å². The maximum atomic E-state index is 12.9. The van der Waals surface area contributed by atoms with Crippen LogP contribution in [-0.2, 0) is 25.6 Å². The van der Waals surface area contributed by atoms with Crippen LogP contribution in [0.25, 0.3) is 0 Å². The van der Waals surface area contributed by atoms with Crippen LogP contribution in [0.1, 0.15) is 25.0 Å². The van der Waals surface area contributed by atoms with Crippen LogP contribution in [0.5, 0.6) is 0 Å². The van der Waals surface area contributed by atoms with E-state index in [1.165, 1.54) is 24.3 Å². The molecule has 1 rings (SSSR count). The standard InChI is InChI=1S/C19H33N9O5S/c1-34-6-4-13(17(31)28-14(18(32)33)7-11-9-23-10-25-11)27-16(30)12(26-15(29)8-20)3-2-5-24-19(21)22/h9-10,12-14H,2-8,20H2,1H3,(H,23,25)(H,26,29)(H,27,30)(H,28,31)(H,32,33)(H4,21,22,24). The highest BCUT2D eigenvalue weighted by Crippen LogP contribution is 2.06. The van der Waals surface area contributed by atoms with Crippen molar-refractivity contribution in [1.82, 2.24) is 25.9 Å². The number of imidazole rings is 1. The van der Waals surface area contributed by atoms with E-state index in [0.717, 1.165) is 0 Å². The molecule has 15 heteroatoms. The number of nitrogens with one attached hydrogen (secondary N) is 4. The van der Waals surface area contributed by atoms with Gasteiger partial charge in [-0.25, -0.2) is 9.78 Å². The van der Waals surface area contributed by atoms with Gasteiger partial charge in [0.05, 0.1) is 12.9 Å². The summed E-state index contributed by atoms with van der Waals surface area (Å²) >= 11 is 1.46. The zero-order valence-corrected chi connectivity index (χ0v) is 19.8. The van der Waals surface area contributed by atoms with Crippen LogP contribution >= 0.6 is 11.8 Å². The number of rotatable bonds is 16. The Bertz CT molecular complexity index is 830. The highest BCUT2D eigenvalue weighted by Gasteiger charge is 2.29. The molecule has 0 aliphatic carbocycles. The van der Waals surface area contributed by atoms with E-state index in [0.29, 0.717) is 17.9 Å². The molecule has 0 saturated heterocycles. The van der Waals surface area contributed by atoms with Crippen molar-refractivity contribution < 1.29 is 24.3 Å². The molecule has 1 heterocycles. The molecule has 3 unspecified atom stereocenters. The predicted molar refractivity (Wildman–Crippen MR) is 128 cm³/mol. The van der Waals surface area contributed by atoms with Crippen LogP contribution in [-0.4, -0.2) is 87.9 Å². The molecular formula is C19H33N9O5S. The second-order valence-electron chi connectivity index (χ2n) is 7.30. The minimum absolute atomic E-state index is 0.00968. The SMILES string of the molecule is CSCCC(NC(=O)C(CCCN=C(N)N)NC(=O)CN)C(=O)NC(Cc1cnc[nH]1)C(=O)O. The summed E-state index contributed by atoms with van der Waals surface area (Å²) in [5.74, 6) is -2.60. The average molecular weight is 500 g/mol. The number of guanidine groups is 1. The number of aliphatic imine (C=N–C) groups is 1. The summed E-state index contributed by atoms with van der Waals surface area (Å²) in [5.41, 5.74) is 16.4. The van der Waals surface area contributed by atoms with E-state index in [2.05, 4.69) is 30.9 Å². The van der Waals surface area contributed by atoms with E-state index >= 15 is 0 Å². The number of hydrogen-bond acceptors (Lipinski definition) is 8. The lowest BCUT2D eigenvalue weighted by Crippen LogP contribution is -2.56. The molecule has 0 fully saturated rings. The van der Waals surface area contributed by atoms with Crippen LogP contribution in [0.2, 0.25) is 0 Å². The summed E-state index contributed by atoms with van der Waals surface area (Å²) < 4.78 is 0. The molecule has 3 amide bonds. The number of carboxylic acids is 1. The van der Waals surface area contributed by atoms with Gasteiger partial charge in [0.2, 0.25) is 17.7 Å². The van der Waals surface area contributed by atoms with Crippen LogP contribution < -0.4 is 33.2 Å². The molecule has 0 spiro atoms. The first-order valence-corrected chi connectivity index (χ1v) is 11.9. The van der Waals surface area contributed by atoms with Gasteiger partial charge in [0.25, 0.3) is 0 Å². The second-order valence-corrected chi connectivity index (χ2v) is 8.28. The first-order valence-electron chi connectivity index (χ1n) is 10.5. The molecule has 190 valence electrons. The maximum Gasteiger partial charge on any atom is 0.326 e. The molecule has 1 aromatic rings. The van der Waals surface area contributed by atoms with Gasteiger partial charge in [-0.3, -0.25) is 19.4 Å². The van der Waals surface area contributed by atoms with Crippen LogP contribution in [0, 0.1) is 0 Å². The highest BCUT2D eigenvalue weighted by atomic mass is 32.2. The minimum Gasteiger partial charge on any atom is -0.480 e. The average Bonchev–Trinajstić information content (AvgIpc) is 3.30. The normalized spacial score (nSPS) is 13.2. The molecule has 0 bridgehead atoms. The molecule has 11 N–H and O–H groups in total. The highest BCUT2D eigenvalue weighted by molar-refractivity contribution is 7.98. The molecule has 0 radical (unpaired) electrons. The third-order valence-corrected chi connectivity index (χ3v) is 5.26. The summed E-state index contributed by atoms with van der Waals surface area (Å²) in [4.78, 5) is 59.7. The van der Waals surface area contributed by atoms with Crippen molar-refractivity contribution in [3.8, 4) is 0 Å². The number of aromatic nitrogens is 2. The van der Waals surface area contributed by atoms with Crippen LogP contribution in [0.15, 0.2) is 17.5 Å². The van der Waals surface area contributed by atoms with Gasteiger partial charge in [0.1, 0.15) is 18.1 Å². The Kier molecular flexibility index (Phi) is 13.1. The van der Waals surface area contributed by atoms with Gasteiger partial charge in [-0.05, 0) is 31.3 Å². The topological polar surface area (TPSA) is 244 Å². The Hall–Kier alpha value is -3.33. The lowest BCUT2D eigenvalue weighted by Gasteiger charge is -2.24. The second kappa shape index (κ2) is 15.5. The largest absolute Gasteiger partial charge is 0.480 e. The van der Waals surface area contributed by atoms with E-state index in [-0.39, 0.29) is 38.3 Å². The fourth-order valence-electron chi connectivity index (χ4n) is 2.89. The molecule has 34 heavy (non-hydrogen) atoms. The van der Waals surface area contributed by atoms with Gasteiger partial charge >= 0.3 is 5.97 Å². The zero-order valence-electron chi connectivity index (χ0n) is 19.0. The summed E-state index contributed by atoms with van der Waals surface area (Å²) in [6.07, 6.45) is 5.52. The van der Waals surface area contributed by atoms with Crippen LogP contribution in [0.3, 0.4) is 0 Å². The maximum absolute atomic E-state index is 12.9. The predicted octanol–water partition coefficient (Wildman–Crippen LogP) is -2.74. The van der Waals surface area contributed by atoms with Crippen molar-refractivity contribution in [2.45, 2.75) is 43.8 Å². The van der Waals surface area contributed by atoms with E-state index in [1.807, 2.05) is 6.26 Å². The van der Waals surface area contributed by atoms with Gasteiger partial charge in [-0.15, -0.1) is 0 Å². The number of amides is 3. The number of carboxylic acid groups (broad SMARTS) is 1. The van der Waals surface area contributed by atoms with Gasteiger partial charge < -0.3 is 43.2 Å². The third-order valence-electron chi connectivity index (χ3n) is 4.62. The van der Waals surface area contributed by atoms with Crippen molar-refractivity contribution in [1.29, 1.82) is 0 Å². The quantitative estimate of drug-likeness (QED) is 0.0662. The number of carbonyl (C=O) groups is 4. The number of hydrogen-bond donors (Lipinski definition) is 8. The van der Waals surface area contributed by atoms with Gasteiger partial charge in [0, 0.05) is 24.9 Å². The molecule has 0 aromatic carbocycles. The van der Waals surface area contributed by atoms with Crippen molar-refractivity contribution in [2.24, 2.45) is 22.2 Å². The van der Waals surface area contributed by atoms with Gasteiger partial charge in [-0.1, -0.05) is 0 Å². The number of thioether (sulfide) groups is 1. The Morgan fingerprint density at radius 2 is 1.76 bits per heavy atom. The van der Waals surface area contributed by atoms with Crippen molar-refractivity contribution >= 4 is 41.4 Å². The Balaban J connectivity index is 2.89. The number of nitrogens with zero attached hydrogens (tertiary/aromatic N) is 2. The molecule has 0 aliphatic rings. The van der Waals surface area contributed by atoms with E-state index in [1.54, 1.807) is 0 Å². The van der Waals surface area contributed by atoms with E-state index in [9.17, 15) is 24.3 Å². The van der Waals surface area contributed by atoms with E-state index in [4.69, 9.17) is 17.2 Å². The molecule has 0 saturated carbocycles. The number of H-pyrrole nitrogens is 1. The fraction of sp³-hybridized carbons (Fsp3) is 0.579. The molecule has 0 aliphatic heterocycles. The molecular weight excluding hydrogens is 466 g/mol. The molecule has 14 nitrogen and oxygen atoms in total. The van der Waals surface area contributed by atoms with Gasteiger partial charge in [-0.2, -0.15) is 11.8 Å². The number of aromatic amines is 1. The summed E-state index contributed by atoms with van der Waals surface area (Å²) in [5, 5.41) is 17.1. The Morgan fingerprint density at radius 1 is 1.12 bits per heavy atom. The Labute approximate surface area is 201 Å². The number of carbonyl (C=O) groups excluding carboxylic acids is 3. The summed E-state index contributed by atoms with van der Waals surface area (Å²) in [7, 11) is 0. The van der Waals surface area contributed by atoms with Crippen molar-refractivity contribution in [3.05, 3.63) is 18.2 Å². The van der Waals surface area contributed by atoms with E-state index < -0.39 is 41.8 Å². The number of aliphatic carboxylic acids is 1. The zero-order chi connectivity index (χ0) is 25.5. The fourth-order valence-corrected chi connectivity index (χ4v) is 3.36. The summed E-state index contributed by atoms with van der Waals surface area (Å²) in [6, 6.07) is -3.22. The smallest absolute Gasteiger partial charge is 0.326 e. The Morgan fingerprint density at radius 3 is 2.29 bits per heavy atom. The first kappa shape index (κ1) is 28.7. The lowest BCUT2D eigenvalue weighted by molar-refractivity contribution is -0.142. The van der Waals surface area contributed by atoms with Crippen LogP contribution in [0.4, 0.5) is 0 Å². The third kappa shape index (κ3) is 11.0. The summed E-state index contributed by atoms with van der Waals surface area (Å²) in [6.45, 7) is -0.0726. The van der Waals surface area contributed by atoms with Crippen molar-refractivity contribution in [2.75, 3.05) is 25.1 Å². The number of nitrogens with two attached hydrogens (primary N) is 3. The first-order chi connectivity index (χ1) is 16.2. The lowest BCUT2D eigenvalue weighted by atomic mass is 10.1. The van der Waals surface area contributed by atoms with Gasteiger partial charge in [0.15, 0.2) is 5.96 Å². The monoisotopic (exact) mass is 499 g/mol.